The summed E-state index contributed by atoms with van der Waals surface area (Å²) in [6, 6.07) is 13.6. The van der Waals surface area contributed by atoms with E-state index in [1.54, 1.807) is 6.07 Å². The Hall–Kier alpha value is -2.62. The molecule has 1 fully saturated rings. The third-order valence-corrected chi connectivity index (χ3v) is 4.88. The van der Waals surface area contributed by atoms with Crippen LogP contribution >= 0.6 is 0 Å². The summed E-state index contributed by atoms with van der Waals surface area (Å²) in [5, 5.41) is 11.3. The van der Waals surface area contributed by atoms with E-state index in [-0.39, 0.29) is 5.75 Å². The van der Waals surface area contributed by atoms with E-state index in [0.717, 1.165) is 29.8 Å². The molecule has 0 unspecified atom stereocenters. The van der Waals surface area contributed by atoms with Crippen molar-refractivity contribution in [3.05, 3.63) is 48.0 Å². The molecule has 25 heavy (non-hydrogen) atoms. The highest BCUT2D eigenvalue weighted by Gasteiger charge is 2.18. The van der Waals surface area contributed by atoms with Crippen LogP contribution < -0.4 is 4.90 Å². The third kappa shape index (κ3) is 3.16. The van der Waals surface area contributed by atoms with E-state index in [9.17, 15) is 5.11 Å². The molecule has 3 aromatic rings. The summed E-state index contributed by atoms with van der Waals surface area (Å²) in [6.45, 7) is 4.13. The average molecular weight is 333 g/mol. The van der Waals surface area contributed by atoms with Crippen molar-refractivity contribution in [2.24, 2.45) is 0 Å². The van der Waals surface area contributed by atoms with Crippen molar-refractivity contribution in [1.29, 1.82) is 0 Å². The van der Waals surface area contributed by atoms with Crippen molar-refractivity contribution >= 4 is 16.7 Å². The van der Waals surface area contributed by atoms with E-state index in [1.807, 2.05) is 18.2 Å². The van der Waals surface area contributed by atoms with Crippen LogP contribution in [0.4, 0.5) is 5.82 Å². The van der Waals surface area contributed by atoms with Crippen LogP contribution in [0.1, 0.15) is 31.2 Å². The molecule has 0 saturated carbocycles. The van der Waals surface area contributed by atoms with Gasteiger partial charge < -0.3 is 10.0 Å². The van der Waals surface area contributed by atoms with Gasteiger partial charge in [0, 0.05) is 18.5 Å². The zero-order valence-electron chi connectivity index (χ0n) is 14.6. The van der Waals surface area contributed by atoms with Crippen molar-refractivity contribution < 1.29 is 5.11 Å². The molecule has 128 valence electrons. The second-order valence-corrected chi connectivity index (χ2v) is 6.81. The fourth-order valence-corrected chi connectivity index (χ4v) is 3.53. The summed E-state index contributed by atoms with van der Waals surface area (Å²) >= 11 is 0. The van der Waals surface area contributed by atoms with Crippen LogP contribution in [0.15, 0.2) is 42.5 Å². The first-order valence-electron chi connectivity index (χ1n) is 9.04. The van der Waals surface area contributed by atoms with Gasteiger partial charge in [-0.05, 0) is 49.6 Å². The van der Waals surface area contributed by atoms with Crippen molar-refractivity contribution in [1.82, 2.24) is 9.97 Å². The molecule has 0 amide bonds. The number of fused-ring (bicyclic) bond motifs is 1. The molecular formula is C21H23N3O. The minimum absolute atomic E-state index is 0.219. The van der Waals surface area contributed by atoms with Crippen LogP contribution in [-0.2, 0) is 0 Å². The second kappa shape index (κ2) is 6.71. The predicted octanol–water partition coefficient (Wildman–Crippen LogP) is 4.69. The molecule has 2 aromatic carbocycles. The van der Waals surface area contributed by atoms with Gasteiger partial charge in [-0.3, -0.25) is 0 Å². The van der Waals surface area contributed by atoms with Crippen molar-refractivity contribution in [2.45, 2.75) is 32.6 Å². The Morgan fingerprint density at radius 2 is 1.68 bits per heavy atom. The van der Waals surface area contributed by atoms with Gasteiger partial charge in [0.1, 0.15) is 11.6 Å². The van der Waals surface area contributed by atoms with Gasteiger partial charge in [-0.1, -0.05) is 31.0 Å². The fourth-order valence-electron chi connectivity index (χ4n) is 3.53. The lowest BCUT2D eigenvalue weighted by molar-refractivity contribution is 0.477. The maximum Gasteiger partial charge on any atom is 0.165 e. The number of rotatable bonds is 2. The molecular weight excluding hydrogens is 310 g/mol. The highest BCUT2D eigenvalue weighted by molar-refractivity contribution is 5.91. The van der Waals surface area contributed by atoms with Gasteiger partial charge in [0.05, 0.1) is 11.1 Å². The Bertz CT molecular complexity index is 899. The van der Waals surface area contributed by atoms with Gasteiger partial charge in [-0.2, -0.15) is 0 Å². The summed E-state index contributed by atoms with van der Waals surface area (Å²) in [5.74, 6) is 1.80. The van der Waals surface area contributed by atoms with Crippen LogP contribution in [0.5, 0.6) is 5.75 Å². The van der Waals surface area contributed by atoms with Crippen LogP contribution in [0.3, 0.4) is 0 Å². The normalized spacial score (nSPS) is 15.3. The number of anilines is 1. The number of phenols is 1. The first-order valence-corrected chi connectivity index (χ1v) is 9.04. The van der Waals surface area contributed by atoms with E-state index in [2.05, 4.69) is 30.0 Å². The minimum Gasteiger partial charge on any atom is -0.507 e. The van der Waals surface area contributed by atoms with Crippen LogP contribution in [0.2, 0.25) is 0 Å². The molecule has 2 heterocycles. The van der Waals surface area contributed by atoms with E-state index in [4.69, 9.17) is 9.97 Å². The molecule has 1 aliphatic heterocycles. The number of para-hydroxylation sites is 1. The lowest BCUT2D eigenvalue weighted by Crippen LogP contribution is -2.25. The molecule has 0 atom stereocenters. The number of aromatic nitrogens is 2. The lowest BCUT2D eigenvalue weighted by atomic mass is 10.1. The highest BCUT2D eigenvalue weighted by Crippen LogP contribution is 2.32. The molecule has 4 nitrogen and oxygen atoms in total. The van der Waals surface area contributed by atoms with Crippen molar-refractivity contribution in [3.8, 4) is 17.1 Å². The molecule has 1 saturated heterocycles. The Morgan fingerprint density at radius 3 is 2.44 bits per heavy atom. The first-order chi connectivity index (χ1) is 12.2. The molecule has 1 aromatic heterocycles. The number of hydrogen-bond acceptors (Lipinski definition) is 4. The summed E-state index contributed by atoms with van der Waals surface area (Å²) in [7, 11) is 0. The largest absolute Gasteiger partial charge is 0.507 e. The van der Waals surface area contributed by atoms with E-state index in [1.165, 1.54) is 31.2 Å². The average Bonchev–Trinajstić information content (AvgIpc) is 2.90. The van der Waals surface area contributed by atoms with E-state index >= 15 is 0 Å². The van der Waals surface area contributed by atoms with Gasteiger partial charge in [-0.25, -0.2) is 9.97 Å². The van der Waals surface area contributed by atoms with Crippen LogP contribution in [0, 0.1) is 6.92 Å². The monoisotopic (exact) mass is 333 g/mol. The SMILES string of the molecule is Cc1ccc2c(N3CCCCCC3)nc(-c3ccccc3O)nc2c1. The standard InChI is InChI=1S/C21H23N3O/c1-15-10-11-16-18(14-15)22-20(17-8-4-5-9-19(17)25)23-21(16)24-12-6-2-3-7-13-24/h4-5,8-11,14,25H,2-3,6-7,12-13H2,1H3. The number of hydrogen-bond donors (Lipinski definition) is 1. The summed E-state index contributed by atoms with van der Waals surface area (Å²) < 4.78 is 0. The zero-order valence-corrected chi connectivity index (χ0v) is 14.6. The second-order valence-electron chi connectivity index (χ2n) is 6.81. The number of nitrogens with zero attached hydrogens (tertiary/aromatic N) is 3. The Balaban J connectivity index is 1.91. The van der Waals surface area contributed by atoms with E-state index in [0.29, 0.717) is 11.4 Å². The summed E-state index contributed by atoms with van der Waals surface area (Å²) in [5.41, 5.74) is 2.80. The van der Waals surface area contributed by atoms with Crippen molar-refractivity contribution in [3.63, 3.8) is 0 Å². The summed E-state index contributed by atoms with van der Waals surface area (Å²) in [4.78, 5) is 12.0. The molecule has 1 N–H and O–H groups in total. The molecule has 1 aliphatic rings. The highest BCUT2D eigenvalue weighted by atomic mass is 16.3. The molecule has 0 radical (unpaired) electrons. The maximum absolute atomic E-state index is 10.2. The van der Waals surface area contributed by atoms with Crippen LogP contribution in [0.25, 0.3) is 22.3 Å². The zero-order chi connectivity index (χ0) is 17.2. The maximum atomic E-state index is 10.2. The van der Waals surface area contributed by atoms with Gasteiger partial charge in [0.25, 0.3) is 0 Å². The molecule has 0 bridgehead atoms. The first kappa shape index (κ1) is 15.9. The molecule has 4 rings (SSSR count). The number of aromatic hydroxyl groups is 1. The number of aryl methyl sites for hydroxylation is 1. The predicted molar refractivity (Wildman–Crippen MR) is 102 cm³/mol. The van der Waals surface area contributed by atoms with Gasteiger partial charge in [-0.15, -0.1) is 0 Å². The van der Waals surface area contributed by atoms with Gasteiger partial charge in [0.2, 0.25) is 0 Å². The molecule has 0 spiro atoms. The van der Waals surface area contributed by atoms with Gasteiger partial charge in [0.15, 0.2) is 5.82 Å². The van der Waals surface area contributed by atoms with Crippen molar-refractivity contribution in [2.75, 3.05) is 18.0 Å². The number of benzene rings is 2. The molecule has 4 heteroatoms. The lowest BCUT2D eigenvalue weighted by Gasteiger charge is -2.23. The van der Waals surface area contributed by atoms with Crippen LogP contribution in [-0.4, -0.2) is 28.2 Å². The topological polar surface area (TPSA) is 49.2 Å². The van der Waals surface area contributed by atoms with Gasteiger partial charge >= 0.3 is 0 Å². The Labute approximate surface area is 148 Å². The molecule has 0 aliphatic carbocycles. The smallest absolute Gasteiger partial charge is 0.165 e. The fraction of sp³-hybridized carbons (Fsp3) is 0.333. The quantitative estimate of drug-likeness (QED) is 0.739. The Kier molecular flexibility index (Phi) is 4.26. The number of phenolic OH excluding ortho intramolecular Hbond substituents is 1. The third-order valence-electron chi connectivity index (χ3n) is 4.88. The Morgan fingerprint density at radius 1 is 0.920 bits per heavy atom. The summed E-state index contributed by atoms with van der Waals surface area (Å²) in [6.07, 6.45) is 4.96. The van der Waals surface area contributed by atoms with E-state index < -0.39 is 0 Å². The minimum atomic E-state index is 0.219.